The first kappa shape index (κ1) is 17.7. The fraction of sp³-hybridized carbons (Fsp3) is 0.316. The number of rotatable bonds is 7. The van der Waals surface area contributed by atoms with Gasteiger partial charge in [-0.3, -0.25) is 9.59 Å². The number of hydrogen-bond acceptors (Lipinski definition) is 4. The molecule has 5 heteroatoms. The van der Waals surface area contributed by atoms with Crippen LogP contribution in [0, 0.1) is 0 Å². The quantitative estimate of drug-likeness (QED) is 0.784. The van der Waals surface area contributed by atoms with E-state index in [4.69, 9.17) is 0 Å². The van der Waals surface area contributed by atoms with E-state index in [-0.39, 0.29) is 11.7 Å². The van der Waals surface area contributed by atoms with Crippen LogP contribution in [0.4, 0.5) is 11.4 Å². The zero-order valence-electron chi connectivity index (χ0n) is 14.4. The monoisotopic (exact) mass is 325 g/mol. The molecule has 1 N–H and O–H groups in total. The van der Waals surface area contributed by atoms with Crippen molar-refractivity contribution >= 4 is 23.1 Å². The van der Waals surface area contributed by atoms with Gasteiger partial charge in [0, 0.05) is 24.8 Å². The van der Waals surface area contributed by atoms with Crippen LogP contribution in [-0.2, 0) is 0 Å². The van der Waals surface area contributed by atoms with E-state index in [9.17, 15) is 9.59 Å². The second kappa shape index (κ2) is 8.24. The average molecular weight is 325 g/mol. The summed E-state index contributed by atoms with van der Waals surface area (Å²) in [5.74, 6) is -0.0286. The molecule has 0 fully saturated rings. The van der Waals surface area contributed by atoms with Gasteiger partial charge in [0.05, 0.1) is 11.9 Å². The standard InChI is InChI=1S/C19H23N3O2/c1-4-5-12-22(3)19(24)18-11-10-17(13-20-18)21-16-8-6-15(7-9-16)14(2)23/h6-11,13,21H,4-5,12H2,1-3H3. The van der Waals surface area contributed by atoms with Crippen LogP contribution in [0.15, 0.2) is 42.6 Å². The number of carbonyl (C=O) groups excluding carboxylic acids is 2. The molecule has 0 spiro atoms. The van der Waals surface area contributed by atoms with Gasteiger partial charge in [0.25, 0.3) is 5.91 Å². The molecule has 0 aliphatic heterocycles. The summed E-state index contributed by atoms with van der Waals surface area (Å²) in [6.45, 7) is 4.37. The van der Waals surface area contributed by atoms with Gasteiger partial charge in [-0.1, -0.05) is 13.3 Å². The number of benzene rings is 1. The number of nitrogens with one attached hydrogen (secondary N) is 1. The van der Waals surface area contributed by atoms with Gasteiger partial charge >= 0.3 is 0 Å². The smallest absolute Gasteiger partial charge is 0.272 e. The second-order valence-electron chi connectivity index (χ2n) is 5.77. The van der Waals surface area contributed by atoms with Crippen LogP contribution in [0.25, 0.3) is 0 Å². The molecule has 5 nitrogen and oxygen atoms in total. The van der Waals surface area contributed by atoms with Gasteiger partial charge < -0.3 is 10.2 Å². The minimum absolute atomic E-state index is 0.0401. The largest absolute Gasteiger partial charge is 0.354 e. The van der Waals surface area contributed by atoms with Crippen molar-refractivity contribution in [1.29, 1.82) is 0 Å². The Labute approximate surface area is 142 Å². The number of Topliss-reactive ketones (excluding diaryl/α,β-unsaturated/α-hetero) is 1. The highest BCUT2D eigenvalue weighted by Crippen LogP contribution is 2.17. The fourth-order valence-electron chi connectivity index (χ4n) is 2.24. The van der Waals surface area contributed by atoms with E-state index in [0.717, 1.165) is 30.8 Å². The van der Waals surface area contributed by atoms with Gasteiger partial charge in [0.15, 0.2) is 5.78 Å². The van der Waals surface area contributed by atoms with E-state index >= 15 is 0 Å². The molecular formula is C19H23N3O2. The Morgan fingerprint density at radius 3 is 2.29 bits per heavy atom. The maximum Gasteiger partial charge on any atom is 0.272 e. The lowest BCUT2D eigenvalue weighted by Crippen LogP contribution is -2.28. The predicted octanol–water partition coefficient (Wildman–Crippen LogP) is 3.90. The highest BCUT2D eigenvalue weighted by Gasteiger charge is 2.12. The first-order valence-corrected chi connectivity index (χ1v) is 8.10. The predicted molar refractivity (Wildman–Crippen MR) is 95.8 cm³/mol. The number of ketones is 1. The Bertz CT molecular complexity index is 694. The molecule has 1 amide bonds. The van der Waals surface area contributed by atoms with E-state index in [0.29, 0.717) is 11.3 Å². The molecule has 0 radical (unpaired) electrons. The van der Waals surface area contributed by atoms with Crippen LogP contribution in [0.2, 0.25) is 0 Å². The van der Waals surface area contributed by atoms with Crippen molar-refractivity contribution < 1.29 is 9.59 Å². The molecule has 1 heterocycles. The molecule has 1 aromatic carbocycles. The zero-order valence-corrected chi connectivity index (χ0v) is 14.4. The summed E-state index contributed by atoms with van der Waals surface area (Å²) in [4.78, 5) is 29.4. The summed E-state index contributed by atoms with van der Waals surface area (Å²) in [6.07, 6.45) is 3.67. The Balaban J connectivity index is 2.01. The lowest BCUT2D eigenvalue weighted by molar-refractivity contribution is 0.0787. The Morgan fingerprint density at radius 2 is 1.75 bits per heavy atom. The van der Waals surface area contributed by atoms with Gasteiger partial charge in [-0.05, 0) is 49.7 Å². The lowest BCUT2D eigenvalue weighted by Gasteiger charge is -2.16. The van der Waals surface area contributed by atoms with E-state index in [1.807, 2.05) is 18.2 Å². The SMILES string of the molecule is CCCCN(C)C(=O)c1ccc(Nc2ccc(C(C)=O)cc2)cn1. The number of unbranched alkanes of at least 4 members (excludes halogenated alkanes) is 1. The van der Waals surface area contributed by atoms with Gasteiger partial charge in [0.2, 0.25) is 0 Å². The maximum absolute atomic E-state index is 12.2. The molecule has 0 bridgehead atoms. The molecule has 0 saturated carbocycles. The van der Waals surface area contributed by atoms with Crippen molar-refractivity contribution in [2.45, 2.75) is 26.7 Å². The Morgan fingerprint density at radius 1 is 1.08 bits per heavy atom. The van der Waals surface area contributed by atoms with Crippen LogP contribution in [0.5, 0.6) is 0 Å². The Hall–Kier alpha value is -2.69. The van der Waals surface area contributed by atoms with Crippen LogP contribution in [-0.4, -0.2) is 35.2 Å². The minimum atomic E-state index is -0.0687. The fourth-order valence-corrected chi connectivity index (χ4v) is 2.24. The highest BCUT2D eigenvalue weighted by molar-refractivity contribution is 5.94. The van der Waals surface area contributed by atoms with E-state index < -0.39 is 0 Å². The molecule has 1 aromatic heterocycles. The molecule has 0 atom stereocenters. The summed E-state index contributed by atoms with van der Waals surface area (Å²) in [7, 11) is 1.79. The number of amides is 1. The highest BCUT2D eigenvalue weighted by atomic mass is 16.2. The molecular weight excluding hydrogens is 302 g/mol. The molecule has 0 aliphatic carbocycles. The van der Waals surface area contributed by atoms with Crippen molar-refractivity contribution in [1.82, 2.24) is 9.88 Å². The van der Waals surface area contributed by atoms with Crippen LogP contribution in [0.1, 0.15) is 47.5 Å². The first-order chi connectivity index (χ1) is 11.5. The summed E-state index contributed by atoms with van der Waals surface area (Å²) in [6, 6.07) is 10.8. The maximum atomic E-state index is 12.2. The zero-order chi connectivity index (χ0) is 17.5. The number of carbonyl (C=O) groups is 2. The summed E-state index contributed by atoms with van der Waals surface area (Å²) in [5.41, 5.74) is 2.76. The summed E-state index contributed by atoms with van der Waals surface area (Å²) in [5, 5.41) is 3.20. The normalized spacial score (nSPS) is 10.3. The van der Waals surface area contributed by atoms with Crippen molar-refractivity contribution in [2.24, 2.45) is 0 Å². The van der Waals surface area contributed by atoms with Crippen molar-refractivity contribution in [2.75, 3.05) is 18.9 Å². The number of aromatic nitrogens is 1. The molecule has 0 aliphatic rings. The number of nitrogens with zero attached hydrogens (tertiary/aromatic N) is 2. The summed E-state index contributed by atoms with van der Waals surface area (Å²) >= 11 is 0. The topological polar surface area (TPSA) is 62.3 Å². The third-order valence-electron chi connectivity index (χ3n) is 3.76. The average Bonchev–Trinajstić information content (AvgIpc) is 2.60. The van der Waals surface area contributed by atoms with Gasteiger partial charge in [-0.2, -0.15) is 0 Å². The molecule has 24 heavy (non-hydrogen) atoms. The molecule has 0 saturated heterocycles. The van der Waals surface area contributed by atoms with E-state index in [1.165, 1.54) is 0 Å². The van der Waals surface area contributed by atoms with Crippen LogP contribution >= 0.6 is 0 Å². The van der Waals surface area contributed by atoms with Crippen LogP contribution in [0.3, 0.4) is 0 Å². The van der Waals surface area contributed by atoms with E-state index in [2.05, 4.69) is 17.2 Å². The first-order valence-electron chi connectivity index (χ1n) is 8.10. The number of pyridine rings is 1. The molecule has 2 aromatic rings. The van der Waals surface area contributed by atoms with Crippen molar-refractivity contribution in [3.05, 3.63) is 53.9 Å². The van der Waals surface area contributed by atoms with Gasteiger partial charge in [-0.25, -0.2) is 4.98 Å². The Kier molecular flexibility index (Phi) is 6.07. The summed E-state index contributed by atoms with van der Waals surface area (Å²) < 4.78 is 0. The van der Waals surface area contributed by atoms with E-state index in [1.54, 1.807) is 43.3 Å². The third kappa shape index (κ3) is 4.65. The third-order valence-corrected chi connectivity index (χ3v) is 3.76. The minimum Gasteiger partial charge on any atom is -0.354 e. The lowest BCUT2D eigenvalue weighted by atomic mass is 10.1. The van der Waals surface area contributed by atoms with Gasteiger partial charge in [0.1, 0.15) is 5.69 Å². The van der Waals surface area contributed by atoms with Crippen LogP contribution < -0.4 is 5.32 Å². The van der Waals surface area contributed by atoms with Crippen molar-refractivity contribution in [3.8, 4) is 0 Å². The molecule has 2 rings (SSSR count). The second-order valence-corrected chi connectivity index (χ2v) is 5.77. The molecule has 126 valence electrons. The number of anilines is 2. The van der Waals surface area contributed by atoms with Crippen molar-refractivity contribution in [3.63, 3.8) is 0 Å². The number of hydrogen-bond donors (Lipinski definition) is 1. The van der Waals surface area contributed by atoms with Gasteiger partial charge in [-0.15, -0.1) is 0 Å². The molecule has 0 unspecified atom stereocenters.